The van der Waals surface area contributed by atoms with E-state index in [1.807, 2.05) is 26.0 Å². The van der Waals surface area contributed by atoms with Crippen LogP contribution >= 0.6 is 0 Å². The number of imidazole rings is 1. The maximum atomic E-state index is 12.0. The molecule has 0 spiro atoms. The van der Waals surface area contributed by atoms with E-state index in [-0.39, 0.29) is 5.92 Å². The van der Waals surface area contributed by atoms with Crippen LogP contribution in [0.1, 0.15) is 18.6 Å². The van der Waals surface area contributed by atoms with Gasteiger partial charge in [0.25, 0.3) is 0 Å². The zero-order valence-electron chi connectivity index (χ0n) is 10.4. The topological polar surface area (TPSA) is 55.2 Å². The largest absolute Gasteiger partial charge is 0.321 e. The van der Waals surface area contributed by atoms with Gasteiger partial charge in [-0.15, -0.1) is 0 Å². The van der Waals surface area contributed by atoms with Gasteiger partial charge in [-0.2, -0.15) is 0 Å². The van der Waals surface area contributed by atoms with Crippen molar-refractivity contribution in [2.75, 3.05) is 6.54 Å². The Kier molecular flexibility index (Phi) is 3.41. The van der Waals surface area contributed by atoms with E-state index in [4.69, 9.17) is 0 Å². The zero-order valence-corrected chi connectivity index (χ0v) is 10.4. The molecule has 5 nitrogen and oxygen atoms in total. The van der Waals surface area contributed by atoms with Crippen LogP contribution in [0.4, 0.5) is 0 Å². The minimum absolute atomic E-state index is 0.283. The van der Waals surface area contributed by atoms with Crippen LogP contribution in [0.25, 0.3) is 0 Å². The molecule has 1 aromatic rings. The summed E-state index contributed by atoms with van der Waals surface area (Å²) in [7, 11) is 0. The lowest BCUT2D eigenvalue weighted by atomic mass is 10.0. The molecule has 0 bridgehead atoms. The minimum atomic E-state index is -0.599. The lowest BCUT2D eigenvalue weighted by Gasteiger charge is -2.14. The molecule has 18 heavy (non-hydrogen) atoms. The molecule has 94 valence electrons. The monoisotopic (exact) mass is 245 g/mol. The first kappa shape index (κ1) is 12.3. The summed E-state index contributed by atoms with van der Waals surface area (Å²) >= 11 is 0. The molecule has 2 heterocycles. The van der Waals surface area contributed by atoms with E-state index in [0.717, 1.165) is 0 Å². The van der Waals surface area contributed by atoms with Crippen molar-refractivity contribution in [3.05, 3.63) is 42.6 Å². The maximum absolute atomic E-state index is 12.0. The highest BCUT2D eigenvalue weighted by molar-refractivity contribution is 6.36. The number of allylic oxidation sites excluding steroid dienone is 2. The molecule has 0 aliphatic carbocycles. The summed E-state index contributed by atoms with van der Waals surface area (Å²) in [6, 6.07) is 0. The average molecular weight is 245 g/mol. The molecule has 1 aliphatic rings. The Bertz CT molecular complexity index is 514. The molecular formula is C13H15N3O2. The van der Waals surface area contributed by atoms with Crippen molar-refractivity contribution >= 4 is 11.8 Å². The zero-order chi connectivity index (χ0) is 13.1. The highest BCUT2D eigenvalue weighted by Crippen LogP contribution is 2.15. The molecule has 2 rings (SSSR count). The molecule has 0 saturated carbocycles. The fourth-order valence-corrected chi connectivity index (χ4v) is 1.64. The molecule has 0 fully saturated rings. The first-order chi connectivity index (χ1) is 8.59. The van der Waals surface area contributed by atoms with Gasteiger partial charge in [0.05, 0.1) is 0 Å². The quantitative estimate of drug-likeness (QED) is 0.513. The number of nitrogens with zero attached hydrogens (tertiary/aromatic N) is 3. The Balaban J connectivity index is 2.15. The summed E-state index contributed by atoms with van der Waals surface area (Å²) in [5, 5.41) is 0. The van der Waals surface area contributed by atoms with Gasteiger partial charge in [-0.05, 0) is 12.8 Å². The number of hydrogen-bond acceptors (Lipinski definition) is 3. The van der Waals surface area contributed by atoms with Crippen LogP contribution in [0.2, 0.25) is 0 Å². The van der Waals surface area contributed by atoms with Crippen molar-refractivity contribution < 1.29 is 9.59 Å². The number of aromatic nitrogens is 2. The van der Waals surface area contributed by atoms with E-state index >= 15 is 0 Å². The Hall–Kier alpha value is -2.17. The molecule has 0 radical (unpaired) electrons. The van der Waals surface area contributed by atoms with Gasteiger partial charge in [0, 0.05) is 25.1 Å². The standard InChI is InChI=1S/C13H15N3O2/c1-10-3-6-15(7-4-11(10)2)12(17)13(18)16-8-5-14-9-16/h3-6,8-10H,7H2,1-2H3. The van der Waals surface area contributed by atoms with Gasteiger partial charge < -0.3 is 4.90 Å². The van der Waals surface area contributed by atoms with Crippen molar-refractivity contribution in [3.63, 3.8) is 0 Å². The Morgan fingerprint density at radius 1 is 1.39 bits per heavy atom. The van der Waals surface area contributed by atoms with Gasteiger partial charge in [0.15, 0.2) is 0 Å². The highest BCUT2D eigenvalue weighted by Gasteiger charge is 2.22. The molecule has 1 amide bonds. The number of carbonyl (C=O) groups is 2. The SMILES string of the molecule is CC1=CCN(C(=O)C(=O)n2ccnc2)C=CC1C. The molecule has 1 aliphatic heterocycles. The van der Waals surface area contributed by atoms with Gasteiger partial charge >= 0.3 is 11.8 Å². The van der Waals surface area contributed by atoms with E-state index < -0.39 is 11.8 Å². The summed E-state index contributed by atoms with van der Waals surface area (Å²) in [4.78, 5) is 29.0. The second-order valence-electron chi connectivity index (χ2n) is 4.31. The second-order valence-corrected chi connectivity index (χ2v) is 4.31. The van der Waals surface area contributed by atoms with Crippen LogP contribution in [-0.2, 0) is 4.79 Å². The van der Waals surface area contributed by atoms with Gasteiger partial charge in [-0.1, -0.05) is 24.6 Å². The summed E-state index contributed by atoms with van der Waals surface area (Å²) < 4.78 is 1.18. The third-order valence-electron chi connectivity index (χ3n) is 3.07. The molecule has 1 atom stereocenters. The van der Waals surface area contributed by atoms with Gasteiger partial charge in [-0.25, -0.2) is 4.98 Å². The first-order valence-corrected chi connectivity index (χ1v) is 5.78. The van der Waals surface area contributed by atoms with E-state index in [9.17, 15) is 9.59 Å². The van der Waals surface area contributed by atoms with Crippen LogP contribution in [0.5, 0.6) is 0 Å². The van der Waals surface area contributed by atoms with Crippen molar-refractivity contribution in [1.82, 2.24) is 14.5 Å². The summed E-state index contributed by atoms with van der Waals surface area (Å²) in [5.41, 5.74) is 1.19. The predicted molar refractivity (Wildman–Crippen MR) is 66.6 cm³/mol. The maximum Gasteiger partial charge on any atom is 0.321 e. The van der Waals surface area contributed by atoms with Crippen molar-refractivity contribution in [1.29, 1.82) is 0 Å². The fraction of sp³-hybridized carbons (Fsp3) is 0.308. The number of hydrogen-bond donors (Lipinski definition) is 0. The van der Waals surface area contributed by atoms with Gasteiger partial charge in [-0.3, -0.25) is 14.2 Å². The number of amides is 1. The summed E-state index contributed by atoms with van der Waals surface area (Å²) in [5.74, 6) is -0.869. The molecule has 0 saturated heterocycles. The van der Waals surface area contributed by atoms with Crippen molar-refractivity contribution in [2.24, 2.45) is 5.92 Å². The third-order valence-corrected chi connectivity index (χ3v) is 3.07. The number of rotatable bonds is 0. The molecule has 0 aromatic carbocycles. The lowest BCUT2D eigenvalue weighted by Crippen LogP contribution is -2.35. The van der Waals surface area contributed by atoms with Gasteiger partial charge in [0.2, 0.25) is 0 Å². The molecule has 1 unspecified atom stereocenters. The molecule has 0 N–H and O–H groups in total. The highest BCUT2D eigenvalue weighted by atomic mass is 16.2. The van der Waals surface area contributed by atoms with E-state index in [1.165, 1.54) is 33.8 Å². The number of carbonyl (C=O) groups excluding carboxylic acids is 2. The lowest BCUT2D eigenvalue weighted by molar-refractivity contribution is -0.124. The Morgan fingerprint density at radius 2 is 2.17 bits per heavy atom. The van der Waals surface area contributed by atoms with Crippen LogP contribution in [-0.4, -0.2) is 32.8 Å². The van der Waals surface area contributed by atoms with Gasteiger partial charge in [0.1, 0.15) is 6.33 Å². The predicted octanol–water partition coefficient (Wildman–Crippen LogP) is 1.46. The third kappa shape index (κ3) is 2.40. The van der Waals surface area contributed by atoms with E-state index in [2.05, 4.69) is 4.98 Å². The Labute approximate surface area is 105 Å². The van der Waals surface area contributed by atoms with Crippen molar-refractivity contribution in [3.8, 4) is 0 Å². The first-order valence-electron chi connectivity index (χ1n) is 5.78. The van der Waals surface area contributed by atoms with Crippen LogP contribution in [0.15, 0.2) is 42.6 Å². The van der Waals surface area contributed by atoms with Crippen LogP contribution in [0.3, 0.4) is 0 Å². The molecule has 5 heteroatoms. The van der Waals surface area contributed by atoms with Crippen LogP contribution < -0.4 is 0 Å². The van der Waals surface area contributed by atoms with E-state index in [1.54, 1.807) is 6.20 Å². The van der Waals surface area contributed by atoms with Crippen molar-refractivity contribution in [2.45, 2.75) is 13.8 Å². The average Bonchev–Trinajstić information content (AvgIpc) is 2.84. The smallest absolute Gasteiger partial charge is 0.307 e. The summed E-state index contributed by atoms with van der Waals surface area (Å²) in [6.07, 6.45) is 9.81. The minimum Gasteiger partial charge on any atom is -0.307 e. The summed E-state index contributed by atoms with van der Waals surface area (Å²) in [6.45, 7) is 4.49. The molecular weight excluding hydrogens is 230 g/mol. The Morgan fingerprint density at radius 3 is 2.83 bits per heavy atom. The van der Waals surface area contributed by atoms with Crippen LogP contribution in [0, 0.1) is 5.92 Å². The molecule has 1 aromatic heterocycles. The second kappa shape index (κ2) is 5.00. The van der Waals surface area contributed by atoms with E-state index in [0.29, 0.717) is 6.54 Å². The fourth-order valence-electron chi connectivity index (χ4n) is 1.64. The normalized spacial score (nSPS) is 19.3.